The summed E-state index contributed by atoms with van der Waals surface area (Å²) < 4.78 is 6.18. The van der Waals surface area contributed by atoms with Gasteiger partial charge in [-0.1, -0.05) is 140 Å². The first kappa shape index (κ1) is 31.1. The van der Waals surface area contributed by atoms with Crippen LogP contribution in [-0.2, 0) is 0 Å². The maximum Gasteiger partial charge on any atom is 0.135 e. The predicted molar refractivity (Wildman–Crippen MR) is 218 cm³/mol. The van der Waals surface area contributed by atoms with Crippen molar-refractivity contribution in [3.63, 3.8) is 0 Å². The van der Waals surface area contributed by atoms with Crippen LogP contribution in [0.5, 0.6) is 0 Å². The van der Waals surface area contributed by atoms with Gasteiger partial charge in [0, 0.05) is 28.0 Å². The van der Waals surface area contributed by atoms with Gasteiger partial charge in [0.05, 0.1) is 0 Å². The van der Waals surface area contributed by atoms with Gasteiger partial charge in [0.2, 0.25) is 0 Å². The van der Waals surface area contributed by atoms with E-state index < -0.39 is 0 Å². The van der Waals surface area contributed by atoms with Crippen molar-refractivity contribution in [2.75, 3.05) is 4.90 Å². The van der Waals surface area contributed by atoms with Gasteiger partial charge in [0.1, 0.15) is 11.3 Å². The highest BCUT2D eigenvalue weighted by molar-refractivity contribution is 5.85. The van der Waals surface area contributed by atoms with E-state index in [1.165, 1.54) is 33.4 Å². The summed E-state index contributed by atoms with van der Waals surface area (Å²) in [5.74, 6) is 0.876. The molecule has 0 amide bonds. The highest BCUT2D eigenvalue weighted by atomic mass is 16.3. The number of rotatable bonds is 8. The Hall–Kier alpha value is -6.90. The third kappa shape index (κ3) is 6.30. The zero-order valence-corrected chi connectivity index (χ0v) is 28.6. The number of hydrogen-bond donors (Lipinski definition) is 0. The molecule has 0 saturated carbocycles. The Balaban J connectivity index is 1.05. The second kappa shape index (κ2) is 13.8. The molecular formula is C50H35NO. The maximum atomic E-state index is 6.18. The highest BCUT2D eigenvalue weighted by Gasteiger charge is 2.15. The SMILES string of the molecule is c1ccc(-c2cc(-c3ccccc3)cc(-c3ccc(N(c4ccccc4)c4ccc(-c5cccc(-c6cc7ccccc7o6)c5)cc4)cc3)c2)cc1. The molecule has 1 aromatic heterocycles. The fourth-order valence-electron chi connectivity index (χ4n) is 7.00. The molecule has 0 N–H and O–H groups in total. The Labute approximate surface area is 304 Å². The third-order valence-electron chi connectivity index (χ3n) is 9.65. The lowest BCUT2D eigenvalue weighted by molar-refractivity contribution is 0.631. The Morgan fingerprint density at radius 1 is 0.269 bits per heavy atom. The fourth-order valence-corrected chi connectivity index (χ4v) is 7.00. The lowest BCUT2D eigenvalue weighted by atomic mass is 9.93. The van der Waals surface area contributed by atoms with Gasteiger partial charge in [-0.2, -0.15) is 0 Å². The van der Waals surface area contributed by atoms with Crippen LogP contribution in [0.25, 0.3) is 66.8 Å². The number of nitrogens with zero attached hydrogens (tertiary/aromatic N) is 1. The molecule has 246 valence electrons. The normalized spacial score (nSPS) is 11.1. The lowest BCUT2D eigenvalue weighted by Crippen LogP contribution is -2.09. The summed E-state index contributed by atoms with van der Waals surface area (Å²) in [6.07, 6.45) is 0. The number of anilines is 3. The van der Waals surface area contributed by atoms with Gasteiger partial charge in [-0.3, -0.25) is 0 Å². The lowest BCUT2D eigenvalue weighted by Gasteiger charge is -2.26. The molecule has 0 aliphatic rings. The van der Waals surface area contributed by atoms with Crippen molar-refractivity contribution < 1.29 is 4.42 Å². The summed E-state index contributed by atoms with van der Waals surface area (Å²) in [6, 6.07) is 75.3. The van der Waals surface area contributed by atoms with E-state index in [1.54, 1.807) is 0 Å². The third-order valence-corrected chi connectivity index (χ3v) is 9.65. The molecule has 0 radical (unpaired) electrons. The van der Waals surface area contributed by atoms with E-state index in [-0.39, 0.29) is 0 Å². The monoisotopic (exact) mass is 665 g/mol. The van der Waals surface area contributed by atoms with Crippen LogP contribution in [0.2, 0.25) is 0 Å². The highest BCUT2D eigenvalue weighted by Crippen LogP contribution is 2.39. The van der Waals surface area contributed by atoms with Crippen molar-refractivity contribution >= 4 is 28.0 Å². The largest absolute Gasteiger partial charge is 0.456 e. The molecule has 9 aromatic rings. The Kier molecular flexibility index (Phi) is 8.24. The second-order valence-electron chi connectivity index (χ2n) is 13.0. The molecule has 2 heteroatoms. The van der Waals surface area contributed by atoms with Crippen LogP contribution in [0.15, 0.2) is 217 Å². The zero-order valence-electron chi connectivity index (χ0n) is 28.6. The minimum Gasteiger partial charge on any atom is -0.456 e. The average molecular weight is 666 g/mol. The molecule has 0 aliphatic carbocycles. The van der Waals surface area contributed by atoms with Crippen molar-refractivity contribution in [2.45, 2.75) is 0 Å². The predicted octanol–water partition coefficient (Wildman–Crippen LogP) is 14.2. The number of benzene rings is 8. The number of fused-ring (bicyclic) bond motifs is 1. The molecule has 8 aromatic carbocycles. The molecule has 0 atom stereocenters. The Morgan fingerprint density at radius 3 is 1.23 bits per heavy atom. The fraction of sp³-hybridized carbons (Fsp3) is 0. The van der Waals surface area contributed by atoms with Crippen molar-refractivity contribution in [2.24, 2.45) is 0 Å². The summed E-state index contributed by atoms with van der Waals surface area (Å²) in [4.78, 5) is 2.31. The zero-order chi connectivity index (χ0) is 34.7. The van der Waals surface area contributed by atoms with Crippen LogP contribution in [0.4, 0.5) is 17.1 Å². The summed E-state index contributed by atoms with van der Waals surface area (Å²) in [6.45, 7) is 0. The van der Waals surface area contributed by atoms with E-state index in [0.717, 1.165) is 50.5 Å². The summed E-state index contributed by atoms with van der Waals surface area (Å²) >= 11 is 0. The quantitative estimate of drug-likeness (QED) is 0.161. The Morgan fingerprint density at radius 2 is 0.673 bits per heavy atom. The van der Waals surface area contributed by atoms with Crippen LogP contribution in [0.1, 0.15) is 0 Å². The van der Waals surface area contributed by atoms with Crippen LogP contribution in [-0.4, -0.2) is 0 Å². The molecule has 0 bridgehead atoms. The van der Waals surface area contributed by atoms with Crippen molar-refractivity contribution in [3.8, 4) is 55.8 Å². The molecular weight excluding hydrogens is 631 g/mol. The van der Waals surface area contributed by atoms with Crippen molar-refractivity contribution in [1.29, 1.82) is 0 Å². The molecule has 52 heavy (non-hydrogen) atoms. The molecule has 9 rings (SSSR count). The first-order valence-corrected chi connectivity index (χ1v) is 17.7. The van der Waals surface area contributed by atoms with Crippen molar-refractivity contribution in [1.82, 2.24) is 0 Å². The number of hydrogen-bond acceptors (Lipinski definition) is 2. The van der Waals surface area contributed by atoms with Gasteiger partial charge >= 0.3 is 0 Å². The van der Waals surface area contributed by atoms with E-state index in [9.17, 15) is 0 Å². The molecule has 0 aliphatic heterocycles. The van der Waals surface area contributed by atoms with Crippen LogP contribution in [0.3, 0.4) is 0 Å². The minimum absolute atomic E-state index is 0.876. The van der Waals surface area contributed by atoms with E-state index in [4.69, 9.17) is 4.42 Å². The van der Waals surface area contributed by atoms with E-state index in [2.05, 4.69) is 199 Å². The molecule has 2 nitrogen and oxygen atoms in total. The average Bonchev–Trinajstić information content (AvgIpc) is 3.67. The molecule has 0 fully saturated rings. The van der Waals surface area contributed by atoms with Gasteiger partial charge < -0.3 is 9.32 Å². The number of furan rings is 1. The summed E-state index contributed by atoms with van der Waals surface area (Å²) in [5.41, 5.74) is 14.7. The molecule has 0 saturated heterocycles. The minimum atomic E-state index is 0.876. The van der Waals surface area contributed by atoms with Gasteiger partial charge in [-0.25, -0.2) is 0 Å². The maximum absolute atomic E-state index is 6.18. The summed E-state index contributed by atoms with van der Waals surface area (Å²) in [7, 11) is 0. The Bertz CT molecular complexity index is 2500. The summed E-state index contributed by atoms with van der Waals surface area (Å²) in [5, 5.41) is 1.11. The molecule has 0 spiro atoms. The first-order chi connectivity index (χ1) is 25.7. The second-order valence-corrected chi connectivity index (χ2v) is 13.0. The van der Waals surface area contributed by atoms with Crippen molar-refractivity contribution in [3.05, 3.63) is 212 Å². The topological polar surface area (TPSA) is 16.4 Å². The molecule has 1 heterocycles. The van der Waals surface area contributed by atoms with Crippen LogP contribution in [0, 0.1) is 0 Å². The van der Waals surface area contributed by atoms with E-state index in [1.807, 2.05) is 18.2 Å². The smallest absolute Gasteiger partial charge is 0.135 e. The molecule has 0 unspecified atom stereocenters. The van der Waals surface area contributed by atoms with Gasteiger partial charge in [0.25, 0.3) is 0 Å². The first-order valence-electron chi connectivity index (χ1n) is 17.7. The van der Waals surface area contributed by atoms with Gasteiger partial charge in [-0.05, 0) is 117 Å². The van der Waals surface area contributed by atoms with Gasteiger partial charge in [0.15, 0.2) is 0 Å². The number of para-hydroxylation sites is 2. The van der Waals surface area contributed by atoms with Gasteiger partial charge in [-0.15, -0.1) is 0 Å². The standard InChI is InChI=1S/C50H35NO/c1-4-13-36(14-5-1)43-32-44(37-15-6-2-7-16-37)34-45(33-43)39-25-29-48(30-26-39)51(46-20-8-3-9-21-46)47-27-23-38(24-28-47)40-18-12-19-41(31-40)50-35-42-17-10-11-22-49(42)52-50/h1-35H. The van der Waals surface area contributed by atoms with Crippen LogP contribution >= 0.6 is 0 Å². The van der Waals surface area contributed by atoms with E-state index >= 15 is 0 Å². The van der Waals surface area contributed by atoms with Crippen LogP contribution < -0.4 is 4.90 Å². The van der Waals surface area contributed by atoms with E-state index in [0.29, 0.717) is 0 Å².